The Hall–Kier alpha value is -0.610. The second-order valence-corrected chi connectivity index (χ2v) is 3.25. The monoisotopic (exact) mass is 263 g/mol. The molecule has 5 heteroatoms. The SMILES string of the molecule is COC(=O)c1cc(CBr)ncc1Cl. The quantitative estimate of drug-likeness (QED) is 0.608. The number of hydrogen-bond acceptors (Lipinski definition) is 3. The molecule has 0 N–H and O–H groups in total. The summed E-state index contributed by atoms with van der Waals surface area (Å²) >= 11 is 8.98. The van der Waals surface area contributed by atoms with Gasteiger partial charge in [-0.3, -0.25) is 4.98 Å². The Balaban J connectivity index is 3.11. The third-order valence-electron chi connectivity index (χ3n) is 1.45. The molecule has 0 aliphatic rings. The number of halogens is 2. The molecule has 0 aliphatic heterocycles. The molecule has 0 aromatic carbocycles. The average molecular weight is 265 g/mol. The molecule has 70 valence electrons. The summed E-state index contributed by atoms with van der Waals surface area (Å²) in [5.74, 6) is -0.449. The largest absolute Gasteiger partial charge is 0.465 e. The first-order chi connectivity index (χ1) is 6.19. The summed E-state index contributed by atoms with van der Waals surface area (Å²) in [5.41, 5.74) is 1.08. The number of alkyl halides is 1. The van der Waals surface area contributed by atoms with Crippen LogP contribution in [-0.2, 0) is 10.1 Å². The van der Waals surface area contributed by atoms with Crippen LogP contribution in [0.1, 0.15) is 16.1 Å². The van der Waals surface area contributed by atoms with Gasteiger partial charge in [0, 0.05) is 11.5 Å². The van der Waals surface area contributed by atoms with Crippen molar-refractivity contribution >= 4 is 33.5 Å². The highest BCUT2D eigenvalue weighted by Crippen LogP contribution is 2.17. The molecule has 0 saturated carbocycles. The summed E-state index contributed by atoms with van der Waals surface area (Å²) < 4.78 is 4.55. The van der Waals surface area contributed by atoms with E-state index in [2.05, 4.69) is 25.7 Å². The van der Waals surface area contributed by atoms with Crippen LogP contribution in [0.2, 0.25) is 5.02 Å². The molecule has 3 nitrogen and oxygen atoms in total. The Labute approximate surface area is 89.2 Å². The van der Waals surface area contributed by atoms with Crippen LogP contribution in [-0.4, -0.2) is 18.1 Å². The predicted molar refractivity (Wildman–Crippen MR) is 53.2 cm³/mol. The van der Waals surface area contributed by atoms with Crippen LogP contribution in [0, 0.1) is 0 Å². The fourth-order valence-corrected chi connectivity index (χ4v) is 1.31. The molecule has 1 aromatic rings. The zero-order chi connectivity index (χ0) is 9.84. The summed E-state index contributed by atoms with van der Waals surface area (Å²) in [6.45, 7) is 0. The molecular weight excluding hydrogens is 257 g/mol. The van der Waals surface area contributed by atoms with Crippen molar-refractivity contribution in [1.82, 2.24) is 4.98 Å². The molecule has 0 radical (unpaired) electrons. The molecule has 0 atom stereocenters. The van der Waals surface area contributed by atoms with E-state index in [1.165, 1.54) is 13.3 Å². The molecule has 0 unspecified atom stereocenters. The Bertz CT molecular complexity index is 330. The first-order valence-corrected chi connectivity index (χ1v) is 4.97. The molecule has 0 spiro atoms. The molecule has 1 rings (SSSR count). The number of carbonyl (C=O) groups is 1. The number of pyridine rings is 1. The predicted octanol–water partition coefficient (Wildman–Crippen LogP) is 2.42. The van der Waals surface area contributed by atoms with Gasteiger partial charge in [-0.25, -0.2) is 4.79 Å². The van der Waals surface area contributed by atoms with Crippen LogP contribution in [0.5, 0.6) is 0 Å². The molecule has 1 aromatic heterocycles. The van der Waals surface area contributed by atoms with Gasteiger partial charge in [-0.1, -0.05) is 27.5 Å². The minimum Gasteiger partial charge on any atom is -0.465 e. The van der Waals surface area contributed by atoms with Crippen molar-refractivity contribution in [3.05, 3.63) is 28.5 Å². The highest BCUT2D eigenvalue weighted by atomic mass is 79.9. The van der Waals surface area contributed by atoms with Gasteiger partial charge in [0.25, 0.3) is 0 Å². The normalized spacial score (nSPS) is 9.77. The molecule has 13 heavy (non-hydrogen) atoms. The number of hydrogen-bond donors (Lipinski definition) is 0. The first-order valence-electron chi connectivity index (χ1n) is 3.47. The smallest absolute Gasteiger partial charge is 0.339 e. The lowest BCUT2D eigenvalue weighted by Gasteiger charge is -2.02. The van der Waals surface area contributed by atoms with E-state index < -0.39 is 5.97 Å². The molecule has 0 fully saturated rings. The third-order valence-corrected chi connectivity index (χ3v) is 2.33. The van der Waals surface area contributed by atoms with Crippen molar-refractivity contribution < 1.29 is 9.53 Å². The summed E-state index contributed by atoms with van der Waals surface area (Å²) in [5, 5.41) is 0.880. The standard InChI is InChI=1S/C8H7BrClNO2/c1-13-8(12)6-2-5(3-9)11-4-7(6)10/h2,4H,3H2,1H3. The molecule has 0 bridgehead atoms. The van der Waals surface area contributed by atoms with E-state index in [4.69, 9.17) is 11.6 Å². The molecule has 1 heterocycles. The van der Waals surface area contributed by atoms with E-state index in [-0.39, 0.29) is 0 Å². The van der Waals surface area contributed by atoms with Crippen LogP contribution < -0.4 is 0 Å². The average Bonchev–Trinajstić information content (AvgIpc) is 2.17. The van der Waals surface area contributed by atoms with Gasteiger partial charge >= 0.3 is 5.97 Å². The maximum Gasteiger partial charge on any atom is 0.339 e. The summed E-state index contributed by atoms with van der Waals surface area (Å²) in [6.07, 6.45) is 1.43. The van der Waals surface area contributed by atoms with Crippen molar-refractivity contribution in [2.24, 2.45) is 0 Å². The van der Waals surface area contributed by atoms with Crippen molar-refractivity contribution in [2.45, 2.75) is 5.33 Å². The van der Waals surface area contributed by atoms with E-state index >= 15 is 0 Å². The van der Waals surface area contributed by atoms with E-state index in [1.54, 1.807) is 6.07 Å². The summed E-state index contributed by atoms with van der Waals surface area (Å²) in [6, 6.07) is 1.60. The van der Waals surface area contributed by atoms with Crippen molar-refractivity contribution in [1.29, 1.82) is 0 Å². The highest BCUT2D eigenvalue weighted by Gasteiger charge is 2.11. The number of esters is 1. The minimum atomic E-state index is -0.449. The van der Waals surface area contributed by atoms with Gasteiger partial charge in [0.1, 0.15) is 0 Å². The number of nitrogens with zero attached hydrogens (tertiary/aromatic N) is 1. The Morgan fingerprint density at radius 1 is 1.77 bits per heavy atom. The van der Waals surface area contributed by atoms with Gasteiger partial charge in [-0.2, -0.15) is 0 Å². The van der Waals surface area contributed by atoms with Gasteiger partial charge in [-0.15, -0.1) is 0 Å². The third kappa shape index (κ3) is 2.42. The first kappa shape index (κ1) is 10.5. The van der Waals surface area contributed by atoms with Crippen molar-refractivity contribution in [2.75, 3.05) is 7.11 Å². The number of aromatic nitrogens is 1. The van der Waals surface area contributed by atoms with Crippen LogP contribution in [0.3, 0.4) is 0 Å². The van der Waals surface area contributed by atoms with E-state index in [0.29, 0.717) is 15.9 Å². The van der Waals surface area contributed by atoms with Crippen LogP contribution >= 0.6 is 27.5 Å². The second kappa shape index (κ2) is 4.58. The number of methoxy groups -OCH3 is 1. The molecular formula is C8H7BrClNO2. The van der Waals surface area contributed by atoms with Crippen molar-refractivity contribution in [3.63, 3.8) is 0 Å². The fourth-order valence-electron chi connectivity index (χ4n) is 0.821. The second-order valence-electron chi connectivity index (χ2n) is 2.28. The zero-order valence-electron chi connectivity index (χ0n) is 6.88. The minimum absolute atomic E-state index is 0.302. The van der Waals surface area contributed by atoms with Gasteiger partial charge in [0.05, 0.1) is 23.4 Å². The maximum absolute atomic E-state index is 11.2. The maximum atomic E-state index is 11.2. The van der Waals surface area contributed by atoms with Gasteiger partial charge in [0.2, 0.25) is 0 Å². The highest BCUT2D eigenvalue weighted by molar-refractivity contribution is 9.08. The Morgan fingerprint density at radius 2 is 2.46 bits per heavy atom. The van der Waals surface area contributed by atoms with Gasteiger partial charge in [0.15, 0.2) is 0 Å². The lowest BCUT2D eigenvalue weighted by atomic mass is 10.2. The van der Waals surface area contributed by atoms with E-state index in [1.807, 2.05) is 0 Å². The van der Waals surface area contributed by atoms with Crippen LogP contribution in [0.4, 0.5) is 0 Å². The number of ether oxygens (including phenoxy) is 1. The Kier molecular flexibility index (Phi) is 3.69. The Morgan fingerprint density at radius 3 is 3.00 bits per heavy atom. The fraction of sp³-hybridized carbons (Fsp3) is 0.250. The lowest BCUT2D eigenvalue weighted by Crippen LogP contribution is -2.03. The van der Waals surface area contributed by atoms with Gasteiger partial charge < -0.3 is 4.74 Å². The summed E-state index contributed by atoms with van der Waals surface area (Å²) in [4.78, 5) is 15.1. The summed E-state index contributed by atoms with van der Waals surface area (Å²) in [7, 11) is 1.31. The van der Waals surface area contributed by atoms with Crippen LogP contribution in [0.25, 0.3) is 0 Å². The van der Waals surface area contributed by atoms with Gasteiger partial charge in [-0.05, 0) is 6.07 Å². The topological polar surface area (TPSA) is 39.2 Å². The number of carbonyl (C=O) groups excluding carboxylic acids is 1. The molecule has 0 aliphatic carbocycles. The number of rotatable bonds is 2. The zero-order valence-corrected chi connectivity index (χ0v) is 9.22. The molecule has 0 saturated heterocycles. The van der Waals surface area contributed by atoms with Crippen molar-refractivity contribution in [3.8, 4) is 0 Å². The van der Waals surface area contributed by atoms with E-state index in [0.717, 1.165) is 5.69 Å². The molecule has 0 amide bonds. The van der Waals surface area contributed by atoms with Crippen LogP contribution in [0.15, 0.2) is 12.3 Å². The van der Waals surface area contributed by atoms with E-state index in [9.17, 15) is 4.79 Å². The lowest BCUT2D eigenvalue weighted by molar-refractivity contribution is 0.0600.